The summed E-state index contributed by atoms with van der Waals surface area (Å²) in [5.41, 5.74) is 9.27. The SMILES string of the molecule is N#CCCCN(CCC(N=[N+]=[N-])C(F)(F)F)Cc1ccccc1. The first-order valence-corrected chi connectivity index (χ1v) is 7.21. The Balaban J connectivity index is 2.68. The summed E-state index contributed by atoms with van der Waals surface area (Å²) in [4.78, 5) is 4.13. The van der Waals surface area contributed by atoms with Crippen LogP contribution in [0, 0.1) is 11.3 Å². The van der Waals surface area contributed by atoms with Gasteiger partial charge in [0.1, 0.15) is 6.04 Å². The molecule has 1 rings (SSSR count). The van der Waals surface area contributed by atoms with E-state index in [2.05, 4.69) is 10.0 Å². The normalized spacial score (nSPS) is 12.5. The number of alkyl halides is 3. The topological polar surface area (TPSA) is 75.8 Å². The largest absolute Gasteiger partial charge is 0.397 e. The summed E-state index contributed by atoms with van der Waals surface area (Å²) in [6.45, 7) is 1.15. The molecule has 0 radical (unpaired) electrons. The van der Waals surface area contributed by atoms with Crippen LogP contribution in [-0.4, -0.2) is 30.2 Å². The maximum Gasteiger partial charge on any atom is 0.397 e. The van der Waals surface area contributed by atoms with Gasteiger partial charge in [-0.2, -0.15) is 18.4 Å². The summed E-state index contributed by atoms with van der Waals surface area (Å²) in [5, 5.41) is 11.4. The van der Waals surface area contributed by atoms with Crippen molar-refractivity contribution in [1.82, 2.24) is 4.90 Å². The third-order valence-electron chi connectivity index (χ3n) is 3.30. The van der Waals surface area contributed by atoms with Crippen LogP contribution in [0.5, 0.6) is 0 Å². The van der Waals surface area contributed by atoms with Crippen LogP contribution in [0.2, 0.25) is 0 Å². The van der Waals surface area contributed by atoms with Crippen molar-refractivity contribution >= 4 is 0 Å². The van der Waals surface area contributed by atoms with E-state index in [0.29, 0.717) is 25.9 Å². The Bertz CT molecular complexity index is 546. The van der Waals surface area contributed by atoms with Crippen molar-refractivity contribution < 1.29 is 13.2 Å². The van der Waals surface area contributed by atoms with E-state index in [0.717, 1.165) is 5.56 Å². The molecule has 0 aliphatic heterocycles. The summed E-state index contributed by atoms with van der Waals surface area (Å²) in [6.07, 6.45) is -3.91. The van der Waals surface area contributed by atoms with Gasteiger partial charge in [-0.15, -0.1) is 0 Å². The smallest absolute Gasteiger partial charge is 0.299 e. The van der Waals surface area contributed by atoms with E-state index in [9.17, 15) is 13.2 Å². The van der Waals surface area contributed by atoms with Gasteiger partial charge in [-0.05, 0) is 37.0 Å². The van der Waals surface area contributed by atoms with Crippen molar-refractivity contribution in [1.29, 1.82) is 5.26 Å². The fourth-order valence-corrected chi connectivity index (χ4v) is 2.15. The van der Waals surface area contributed by atoms with Gasteiger partial charge in [0, 0.05) is 17.9 Å². The molecule has 0 aliphatic rings. The highest BCUT2D eigenvalue weighted by Crippen LogP contribution is 2.26. The van der Waals surface area contributed by atoms with Gasteiger partial charge in [0.05, 0.1) is 6.07 Å². The molecular formula is C15H18F3N5. The molecular weight excluding hydrogens is 307 g/mol. The van der Waals surface area contributed by atoms with E-state index in [-0.39, 0.29) is 13.0 Å². The number of rotatable bonds is 9. The molecule has 5 nitrogen and oxygen atoms in total. The number of unbranched alkanes of at least 4 members (excludes halogenated alkanes) is 1. The molecule has 1 unspecified atom stereocenters. The van der Waals surface area contributed by atoms with Crippen molar-refractivity contribution in [3.63, 3.8) is 0 Å². The van der Waals surface area contributed by atoms with Crippen LogP contribution in [0.15, 0.2) is 35.4 Å². The van der Waals surface area contributed by atoms with Gasteiger partial charge in [-0.1, -0.05) is 35.4 Å². The van der Waals surface area contributed by atoms with Crippen LogP contribution in [-0.2, 0) is 6.54 Å². The second kappa shape index (κ2) is 9.72. The molecule has 0 saturated heterocycles. The van der Waals surface area contributed by atoms with Crippen LogP contribution in [0.1, 0.15) is 24.8 Å². The van der Waals surface area contributed by atoms with E-state index in [1.165, 1.54) is 0 Å². The molecule has 0 saturated carbocycles. The molecule has 1 atom stereocenters. The molecule has 0 amide bonds. The predicted molar refractivity (Wildman–Crippen MR) is 80.2 cm³/mol. The molecule has 0 aromatic heterocycles. The molecule has 0 fully saturated rings. The number of halogens is 3. The van der Waals surface area contributed by atoms with Crippen molar-refractivity contribution in [2.75, 3.05) is 13.1 Å². The lowest BCUT2D eigenvalue weighted by Crippen LogP contribution is -2.33. The number of benzene rings is 1. The quantitative estimate of drug-likeness (QED) is 0.291. The van der Waals surface area contributed by atoms with Crippen molar-refractivity contribution in [3.8, 4) is 6.07 Å². The van der Waals surface area contributed by atoms with Gasteiger partial charge >= 0.3 is 6.18 Å². The number of hydrogen-bond donors (Lipinski definition) is 0. The van der Waals surface area contributed by atoms with E-state index >= 15 is 0 Å². The van der Waals surface area contributed by atoms with E-state index in [1.54, 1.807) is 0 Å². The Labute approximate surface area is 132 Å². The minimum absolute atomic E-state index is 0.142. The summed E-state index contributed by atoms with van der Waals surface area (Å²) >= 11 is 0. The Morgan fingerprint density at radius 3 is 2.52 bits per heavy atom. The van der Waals surface area contributed by atoms with Crippen LogP contribution < -0.4 is 0 Å². The zero-order chi connectivity index (χ0) is 17.1. The Morgan fingerprint density at radius 1 is 1.26 bits per heavy atom. The highest BCUT2D eigenvalue weighted by atomic mass is 19.4. The Kier molecular flexibility index (Phi) is 7.95. The Morgan fingerprint density at radius 2 is 1.96 bits per heavy atom. The van der Waals surface area contributed by atoms with Crippen molar-refractivity contribution in [2.45, 2.75) is 38.0 Å². The van der Waals surface area contributed by atoms with E-state index < -0.39 is 12.2 Å². The molecule has 0 aliphatic carbocycles. The van der Waals surface area contributed by atoms with E-state index in [4.69, 9.17) is 10.8 Å². The summed E-state index contributed by atoms with van der Waals surface area (Å²) < 4.78 is 38.3. The summed E-state index contributed by atoms with van der Waals surface area (Å²) in [7, 11) is 0. The number of nitriles is 1. The van der Waals surface area contributed by atoms with Gasteiger partial charge in [0.2, 0.25) is 0 Å². The van der Waals surface area contributed by atoms with Crippen LogP contribution in [0.3, 0.4) is 0 Å². The minimum Gasteiger partial charge on any atom is -0.299 e. The highest BCUT2D eigenvalue weighted by Gasteiger charge is 2.38. The van der Waals surface area contributed by atoms with Crippen LogP contribution in [0.4, 0.5) is 13.2 Å². The van der Waals surface area contributed by atoms with Gasteiger partial charge < -0.3 is 0 Å². The average Bonchev–Trinajstić information content (AvgIpc) is 2.51. The molecule has 0 spiro atoms. The molecule has 124 valence electrons. The number of azide groups is 1. The molecule has 1 aromatic carbocycles. The Hall–Kier alpha value is -2.23. The van der Waals surface area contributed by atoms with Crippen molar-refractivity contribution in [3.05, 3.63) is 46.3 Å². The second-order valence-corrected chi connectivity index (χ2v) is 5.07. The lowest BCUT2D eigenvalue weighted by atomic mass is 10.1. The van der Waals surface area contributed by atoms with Crippen LogP contribution >= 0.6 is 0 Å². The second-order valence-electron chi connectivity index (χ2n) is 5.07. The first-order valence-electron chi connectivity index (χ1n) is 7.21. The monoisotopic (exact) mass is 325 g/mol. The fraction of sp³-hybridized carbons (Fsp3) is 0.533. The standard InChI is InChI=1S/C15H18F3N5/c16-15(17,18)14(21-22-20)8-11-23(10-5-4-9-19)12-13-6-2-1-3-7-13/h1-3,6-7,14H,4-5,8,10-12H2. The third kappa shape index (κ3) is 7.54. The predicted octanol–water partition coefficient (Wildman–Crippen LogP) is 4.42. The molecule has 8 heteroatoms. The van der Waals surface area contributed by atoms with Crippen LogP contribution in [0.25, 0.3) is 10.4 Å². The molecule has 1 aromatic rings. The maximum atomic E-state index is 12.8. The first kappa shape index (κ1) is 18.8. The van der Waals surface area contributed by atoms with Crippen molar-refractivity contribution in [2.24, 2.45) is 5.11 Å². The number of hydrogen-bond acceptors (Lipinski definition) is 3. The molecule has 0 N–H and O–H groups in total. The number of nitrogens with zero attached hydrogens (tertiary/aromatic N) is 5. The fourth-order valence-electron chi connectivity index (χ4n) is 2.15. The lowest BCUT2D eigenvalue weighted by Gasteiger charge is -2.24. The zero-order valence-electron chi connectivity index (χ0n) is 12.6. The zero-order valence-corrected chi connectivity index (χ0v) is 12.6. The van der Waals surface area contributed by atoms with Gasteiger partial charge in [-0.3, -0.25) is 4.90 Å². The lowest BCUT2D eigenvalue weighted by molar-refractivity contribution is -0.149. The summed E-state index contributed by atoms with van der Waals surface area (Å²) in [6, 6.07) is 9.38. The molecule has 23 heavy (non-hydrogen) atoms. The summed E-state index contributed by atoms with van der Waals surface area (Å²) in [5.74, 6) is 0. The van der Waals surface area contributed by atoms with E-state index in [1.807, 2.05) is 41.3 Å². The van der Waals surface area contributed by atoms with Gasteiger partial charge in [-0.25, -0.2) is 0 Å². The van der Waals surface area contributed by atoms with Gasteiger partial charge in [0.15, 0.2) is 0 Å². The first-order chi connectivity index (χ1) is 11.0. The molecule has 0 heterocycles. The third-order valence-corrected chi connectivity index (χ3v) is 3.30. The molecule has 0 bridgehead atoms. The minimum atomic E-state index is -4.54. The van der Waals surface area contributed by atoms with Gasteiger partial charge in [0.25, 0.3) is 0 Å². The highest BCUT2D eigenvalue weighted by molar-refractivity contribution is 5.14. The average molecular weight is 325 g/mol. The maximum absolute atomic E-state index is 12.8.